The van der Waals surface area contributed by atoms with Crippen molar-refractivity contribution in [1.82, 2.24) is 9.21 Å². The Morgan fingerprint density at radius 2 is 1.63 bits per heavy atom. The van der Waals surface area contributed by atoms with Crippen LogP contribution in [0.15, 0.2) is 17.0 Å². The number of carbonyl (C=O) groups is 1. The van der Waals surface area contributed by atoms with E-state index in [1.807, 2.05) is 0 Å². The number of sulfonamides is 1. The number of halogens is 3. The second kappa shape index (κ2) is 8.18. The molecule has 27 heavy (non-hydrogen) atoms. The number of amides is 1. The molecule has 0 bridgehead atoms. The monoisotopic (exact) mass is 404 g/mol. The van der Waals surface area contributed by atoms with Crippen LogP contribution in [0.1, 0.15) is 38.5 Å². The molecular weight excluding hydrogens is 381 g/mol. The number of piperazine rings is 1. The molecule has 2 aliphatic rings. The highest BCUT2D eigenvalue weighted by atomic mass is 32.2. The van der Waals surface area contributed by atoms with Crippen LogP contribution in [-0.2, 0) is 14.8 Å². The van der Waals surface area contributed by atoms with E-state index in [1.165, 1.54) is 25.7 Å². The van der Waals surface area contributed by atoms with Gasteiger partial charge in [0.25, 0.3) is 0 Å². The zero-order chi connectivity index (χ0) is 19.6. The van der Waals surface area contributed by atoms with Crippen molar-refractivity contribution in [2.75, 3.05) is 26.2 Å². The van der Waals surface area contributed by atoms with Crippen molar-refractivity contribution in [2.45, 2.75) is 43.4 Å². The van der Waals surface area contributed by atoms with E-state index >= 15 is 0 Å². The molecular formula is C18H23F3N2O3S. The van der Waals surface area contributed by atoms with Crippen molar-refractivity contribution >= 4 is 15.9 Å². The van der Waals surface area contributed by atoms with E-state index in [0.29, 0.717) is 18.4 Å². The van der Waals surface area contributed by atoms with Crippen LogP contribution < -0.4 is 0 Å². The zero-order valence-electron chi connectivity index (χ0n) is 15.0. The Morgan fingerprint density at radius 3 is 2.26 bits per heavy atom. The van der Waals surface area contributed by atoms with E-state index in [9.17, 15) is 26.4 Å². The number of benzene rings is 1. The van der Waals surface area contributed by atoms with Gasteiger partial charge in [0, 0.05) is 32.6 Å². The van der Waals surface area contributed by atoms with Crippen LogP contribution in [0.5, 0.6) is 0 Å². The summed E-state index contributed by atoms with van der Waals surface area (Å²) in [5, 5.41) is 0. The van der Waals surface area contributed by atoms with Gasteiger partial charge in [0.15, 0.2) is 17.5 Å². The van der Waals surface area contributed by atoms with E-state index < -0.39 is 32.4 Å². The predicted octanol–water partition coefficient (Wildman–Crippen LogP) is 2.91. The Bertz CT molecular complexity index is 802. The SMILES string of the molecule is O=C(CCC1CCCC1)N1CCN(S(=O)(=O)c2ccc(F)c(F)c2F)CC1. The molecule has 1 aromatic carbocycles. The minimum absolute atomic E-state index is 0.00189. The largest absolute Gasteiger partial charge is 0.340 e. The van der Waals surface area contributed by atoms with E-state index in [0.717, 1.165) is 16.8 Å². The Balaban J connectivity index is 1.59. The van der Waals surface area contributed by atoms with Crippen LogP contribution in [0.2, 0.25) is 0 Å². The maximum atomic E-state index is 13.9. The third-order valence-corrected chi connectivity index (χ3v) is 7.37. The second-order valence-corrected chi connectivity index (χ2v) is 9.05. The Labute approximate surface area is 157 Å². The second-order valence-electron chi connectivity index (χ2n) is 7.15. The molecule has 0 N–H and O–H groups in total. The summed E-state index contributed by atoms with van der Waals surface area (Å²) in [5.74, 6) is -4.36. The molecule has 1 aliphatic heterocycles. The molecule has 0 spiro atoms. The summed E-state index contributed by atoms with van der Waals surface area (Å²) in [6, 6.07) is 1.32. The van der Waals surface area contributed by atoms with Crippen LogP contribution in [-0.4, -0.2) is 49.7 Å². The first-order valence-electron chi connectivity index (χ1n) is 9.22. The van der Waals surface area contributed by atoms with Crippen molar-refractivity contribution in [3.63, 3.8) is 0 Å². The summed E-state index contributed by atoms with van der Waals surface area (Å²) < 4.78 is 66.4. The summed E-state index contributed by atoms with van der Waals surface area (Å²) >= 11 is 0. The van der Waals surface area contributed by atoms with Gasteiger partial charge in [0.05, 0.1) is 0 Å². The first-order valence-corrected chi connectivity index (χ1v) is 10.7. The molecule has 150 valence electrons. The van der Waals surface area contributed by atoms with Gasteiger partial charge in [-0.05, 0) is 24.5 Å². The first-order chi connectivity index (χ1) is 12.8. The number of nitrogens with zero attached hydrogens (tertiary/aromatic N) is 2. The first kappa shape index (κ1) is 20.1. The molecule has 0 aromatic heterocycles. The lowest BCUT2D eigenvalue weighted by molar-refractivity contribution is -0.132. The summed E-state index contributed by atoms with van der Waals surface area (Å²) in [5.41, 5.74) is 0. The number of carbonyl (C=O) groups excluding carboxylic acids is 1. The van der Waals surface area contributed by atoms with E-state index in [-0.39, 0.29) is 32.1 Å². The molecule has 1 saturated carbocycles. The summed E-state index contributed by atoms with van der Waals surface area (Å²) in [6.07, 6.45) is 6.08. The van der Waals surface area contributed by atoms with E-state index in [4.69, 9.17) is 0 Å². The fourth-order valence-electron chi connectivity index (χ4n) is 3.81. The minimum Gasteiger partial charge on any atom is -0.340 e. The summed E-state index contributed by atoms with van der Waals surface area (Å²) in [7, 11) is -4.29. The zero-order valence-corrected chi connectivity index (χ0v) is 15.8. The van der Waals surface area contributed by atoms with Crippen molar-refractivity contribution in [2.24, 2.45) is 5.92 Å². The molecule has 1 saturated heterocycles. The maximum Gasteiger partial charge on any atom is 0.246 e. The molecule has 1 heterocycles. The molecule has 9 heteroatoms. The maximum absolute atomic E-state index is 13.9. The third kappa shape index (κ3) is 4.29. The molecule has 0 unspecified atom stereocenters. The lowest BCUT2D eigenvalue weighted by Crippen LogP contribution is -2.50. The van der Waals surface area contributed by atoms with E-state index in [1.54, 1.807) is 4.90 Å². The van der Waals surface area contributed by atoms with Crippen molar-refractivity contribution in [1.29, 1.82) is 0 Å². The number of hydrogen-bond donors (Lipinski definition) is 0. The third-order valence-electron chi connectivity index (χ3n) is 5.45. The van der Waals surface area contributed by atoms with Gasteiger partial charge in [-0.15, -0.1) is 0 Å². The molecule has 0 radical (unpaired) electrons. The molecule has 1 aromatic rings. The minimum atomic E-state index is -4.29. The highest BCUT2D eigenvalue weighted by molar-refractivity contribution is 7.89. The van der Waals surface area contributed by atoms with Crippen LogP contribution in [0.25, 0.3) is 0 Å². The Hall–Kier alpha value is -1.61. The number of rotatable bonds is 5. The Morgan fingerprint density at radius 1 is 1.00 bits per heavy atom. The van der Waals surface area contributed by atoms with Gasteiger partial charge in [-0.1, -0.05) is 25.7 Å². The van der Waals surface area contributed by atoms with Crippen LogP contribution in [0.4, 0.5) is 13.2 Å². The van der Waals surface area contributed by atoms with Gasteiger partial charge in [0.1, 0.15) is 4.90 Å². The smallest absolute Gasteiger partial charge is 0.246 e. The number of hydrogen-bond acceptors (Lipinski definition) is 3. The molecule has 5 nitrogen and oxygen atoms in total. The Kier molecular flexibility index (Phi) is 6.10. The summed E-state index contributed by atoms with van der Waals surface area (Å²) in [4.78, 5) is 13.1. The van der Waals surface area contributed by atoms with E-state index in [2.05, 4.69) is 0 Å². The van der Waals surface area contributed by atoms with Gasteiger partial charge in [-0.2, -0.15) is 4.31 Å². The summed E-state index contributed by atoms with van der Waals surface area (Å²) in [6.45, 7) is 0.397. The lowest BCUT2D eigenvalue weighted by atomic mass is 10.0. The van der Waals surface area contributed by atoms with Gasteiger partial charge in [0.2, 0.25) is 15.9 Å². The fraction of sp³-hybridized carbons (Fsp3) is 0.611. The normalized spacial score (nSPS) is 19.6. The van der Waals surface area contributed by atoms with Gasteiger partial charge >= 0.3 is 0 Å². The molecule has 2 fully saturated rings. The highest BCUT2D eigenvalue weighted by Gasteiger charge is 2.33. The van der Waals surface area contributed by atoms with Crippen molar-refractivity contribution in [3.8, 4) is 0 Å². The molecule has 0 atom stereocenters. The standard InChI is InChI=1S/C18H23F3N2O3S/c19-14-6-7-15(18(21)17(14)20)27(25,26)23-11-9-22(10-12-23)16(24)8-5-13-3-1-2-4-13/h6-7,13H,1-5,8-12H2. The van der Waals surface area contributed by atoms with Crippen LogP contribution in [0.3, 0.4) is 0 Å². The topological polar surface area (TPSA) is 57.7 Å². The molecule has 3 rings (SSSR count). The fourth-order valence-corrected chi connectivity index (χ4v) is 5.29. The van der Waals surface area contributed by atoms with Crippen LogP contribution in [0, 0.1) is 23.4 Å². The highest BCUT2D eigenvalue weighted by Crippen LogP contribution is 2.29. The predicted molar refractivity (Wildman–Crippen MR) is 92.8 cm³/mol. The van der Waals surface area contributed by atoms with Crippen molar-refractivity contribution in [3.05, 3.63) is 29.6 Å². The molecule has 1 amide bonds. The lowest BCUT2D eigenvalue weighted by Gasteiger charge is -2.34. The quantitative estimate of drug-likeness (QED) is 0.709. The molecule has 1 aliphatic carbocycles. The van der Waals surface area contributed by atoms with Gasteiger partial charge in [-0.3, -0.25) is 4.79 Å². The average molecular weight is 404 g/mol. The van der Waals surface area contributed by atoms with Crippen molar-refractivity contribution < 1.29 is 26.4 Å². The van der Waals surface area contributed by atoms with Gasteiger partial charge < -0.3 is 4.90 Å². The van der Waals surface area contributed by atoms with Crippen LogP contribution >= 0.6 is 0 Å². The average Bonchev–Trinajstić information content (AvgIpc) is 3.17. The van der Waals surface area contributed by atoms with Gasteiger partial charge in [-0.25, -0.2) is 21.6 Å².